The molecular formula is C14H21N3O3. The van der Waals surface area contributed by atoms with E-state index >= 15 is 0 Å². The average molecular weight is 279 g/mol. The number of amides is 3. The summed E-state index contributed by atoms with van der Waals surface area (Å²) >= 11 is 0. The summed E-state index contributed by atoms with van der Waals surface area (Å²) in [6.07, 6.45) is 0. The number of carbonyl (C=O) groups excluding carboxylic acids is 2. The van der Waals surface area contributed by atoms with Crippen LogP contribution < -0.4 is 16.0 Å². The van der Waals surface area contributed by atoms with Crippen molar-refractivity contribution in [1.82, 2.24) is 16.0 Å². The second-order valence-corrected chi connectivity index (χ2v) is 4.30. The number of ether oxygens (including phenoxy) is 1. The maximum absolute atomic E-state index is 11.8. The number of rotatable bonds is 7. The molecule has 0 unspecified atom stereocenters. The molecule has 0 aliphatic rings. The van der Waals surface area contributed by atoms with E-state index in [4.69, 9.17) is 4.74 Å². The molecule has 3 N–H and O–H groups in total. The van der Waals surface area contributed by atoms with Crippen molar-refractivity contribution in [2.75, 3.05) is 33.4 Å². The molecule has 0 aliphatic heterocycles. The van der Waals surface area contributed by atoms with Crippen LogP contribution >= 0.6 is 0 Å². The summed E-state index contributed by atoms with van der Waals surface area (Å²) in [5.41, 5.74) is 1.66. The molecule has 110 valence electrons. The third-order valence-electron chi connectivity index (χ3n) is 2.57. The van der Waals surface area contributed by atoms with E-state index in [0.717, 1.165) is 5.56 Å². The van der Waals surface area contributed by atoms with Gasteiger partial charge in [-0.1, -0.05) is 17.7 Å². The molecule has 0 atom stereocenters. The van der Waals surface area contributed by atoms with E-state index in [9.17, 15) is 9.59 Å². The summed E-state index contributed by atoms with van der Waals surface area (Å²) in [5, 5.41) is 8.01. The van der Waals surface area contributed by atoms with Crippen molar-refractivity contribution < 1.29 is 14.3 Å². The SMILES string of the molecule is COCCNC(=O)NCCNC(=O)c1cccc(C)c1. The number of nitrogens with one attached hydrogen (secondary N) is 3. The van der Waals surface area contributed by atoms with Gasteiger partial charge in [0, 0.05) is 32.3 Å². The Hall–Kier alpha value is -2.08. The van der Waals surface area contributed by atoms with Crippen LogP contribution in [0.25, 0.3) is 0 Å². The van der Waals surface area contributed by atoms with E-state index in [-0.39, 0.29) is 11.9 Å². The van der Waals surface area contributed by atoms with Crippen LogP contribution in [0.4, 0.5) is 4.79 Å². The predicted octanol–water partition coefficient (Wildman–Crippen LogP) is 0.670. The van der Waals surface area contributed by atoms with Crippen molar-refractivity contribution in [2.45, 2.75) is 6.92 Å². The molecule has 1 rings (SSSR count). The maximum atomic E-state index is 11.8. The van der Waals surface area contributed by atoms with Gasteiger partial charge in [0.1, 0.15) is 0 Å². The standard InChI is InChI=1S/C14H21N3O3/c1-11-4-3-5-12(10-11)13(18)15-6-7-16-14(19)17-8-9-20-2/h3-5,10H,6-9H2,1-2H3,(H,15,18)(H2,16,17,19). The number of aryl methyl sites for hydroxylation is 1. The first kappa shape index (κ1) is 16.0. The van der Waals surface area contributed by atoms with E-state index in [0.29, 0.717) is 31.8 Å². The van der Waals surface area contributed by atoms with Crippen LogP contribution in [0.3, 0.4) is 0 Å². The molecule has 0 radical (unpaired) electrons. The zero-order valence-corrected chi connectivity index (χ0v) is 11.9. The summed E-state index contributed by atoms with van der Waals surface area (Å²) in [6, 6.07) is 7.08. The van der Waals surface area contributed by atoms with Gasteiger partial charge in [0.25, 0.3) is 5.91 Å². The normalized spacial score (nSPS) is 9.90. The first-order chi connectivity index (χ1) is 9.63. The molecule has 0 saturated carbocycles. The second-order valence-electron chi connectivity index (χ2n) is 4.30. The number of carbonyl (C=O) groups is 2. The van der Waals surface area contributed by atoms with E-state index in [1.807, 2.05) is 25.1 Å². The molecule has 3 amide bonds. The lowest BCUT2D eigenvalue weighted by atomic mass is 10.1. The van der Waals surface area contributed by atoms with E-state index < -0.39 is 0 Å². The van der Waals surface area contributed by atoms with Gasteiger partial charge in [0.15, 0.2) is 0 Å². The molecule has 0 aliphatic carbocycles. The van der Waals surface area contributed by atoms with Gasteiger partial charge in [-0.2, -0.15) is 0 Å². The van der Waals surface area contributed by atoms with Gasteiger partial charge in [0.2, 0.25) is 0 Å². The predicted molar refractivity (Wildman–Crippen MR) is 76.8 cm³/mol. The number of methoxy groups -OCH3 is 1. The third-order valence-corrected chi connectivity index (χ3v) is 2.57. The quantitative estimate of drug-likeness (QED) is 0.642. The molecule has 0 aromatic heterocycles. The molecule has 0 saturated heterocycles. The maximum Gasteiger partial charge on any atom is 0.314 e. The highest BCUT2D eigenvalue weighted by molar-refractivity contribution is 5.94. The fourth-order valence-corrected chi connectivity index (χ4v) is 1.57. The molecule has 6 heteroatoms. The lowest BCUT2D eigenvalue weighted by Crippen LogP contribution is -2.41. The van der Waals surface area contributed by atoms with Crippen LogP contribution in [0, 0.1) is 6.92 Å². The Kier molecular flexibility index (Phi) is 7.13. The minimum atomic E-state index is -0.271. The Labute approximate surface area is 118 Å². The molecular weight excluding hydrogens is 258 g/mol. The zero-order chi connectivity index (χ0) is 14.8. The van der Waals surface area contributed by atoms with Gasteiger partial charge in [-0.25, -0.2) is 4.79 Å². The van der Waals surface area contributed by atoms with Gasteiger partial charge >= 0.3 is 6.03 Å². The highest BCUT2D eigenvalue weighted by atomic mass is 16.5. The summed E-state index contributed by atoms with van der Waals surface area (Å²) < 4.78 is 4.81. The monoisotopic (exact) mass is 279 g/mol. The van der Waals surface area contributed by atoms with Crippen LogP contribution in [0.2, 0.25) is 0 Å². The average Bonchev–Trinajstić information content (AvgIpc) is 2.43. The Morgan fingerprint density at radius 1 is 1.10 bits per heavy atom. The van der Waals surface area contributed by atoms with Crippen molar-refractivity contribution >= 4 is 11.9 Å². The van der Waals surface area contributed by atoms with Crippen LogP contribution in [0.1, 0.15) is 15.9 Å². The Morgan fingerprint density at radius 2 is 1.80 bits per heavy atom. The fraction of sp³-hybridized carbons (Fsp3) is 0.429. The highest BCUT2D eigenvalue weighted by Gasteiger charge is 2.04. The van der Waals surface area contributed by atoms with Crippen molar-refractivity contribution in [1.29, 1.82) is 0 Å². The van der Waals surface area contributed by atoms with Crippen LogP contribution in [0.15, 0.2) is 24.3 Å². The molecule has 6 nitrogen and oxygen atoms in total. The number of benzene rings is 1. The lowest BCUT2D eigenvalue weighted by molar-refractivity contribution is 0.0953. The molecule has 0 heterocycles. The van der Waals surface area contributed by atoms with E-state index in [2.05, 4.69) is 16.0 Å². The third kappa shape index (κ3) is 6.19. The van der Waals surface area contributed by atoms with Crippen molar-refractivity contribution in [2.24, 2.45) is 0 Å². The number of hydrogen-bond donors (Lipinski definition) is 3. The van der Waals surface area contributed by atoms with Crippen LogP contribution in [0.5, 0.6) is 0 Å². The molecule has 20 heavy (non-hydrogen) atoms. The summed E-state index contributed by atoms with van der Waals surface area (Å²) in [7, 11) is 1.57. The second kappa shape index (κ2) is 8.92. The topological polar surface area (TPSA) is 79.5 Å². The Balaban J connectivity index is 2.18. The molecule has 0 bridgehead atoms. The summed E-state index contributed by atoms with van der Waals surface area (Å²) in [4.78, 5) is 23.1. The number of urea groups is 1. The molecule has 0 spiro atoms. The fourth-order valence-electron chi connectivity index (χ4n) is 1.57. The molecule has 1 aromatic rings. The van der Waals surface area contributed by atoms with Gasteiger partial charge in [-0.05, 0) is 19.1 Å². The van der Waals surface area contributed by atoms with E-state index in [1.165, 1.54) is 0 Å². The first-order valence-corrected chi connectivity index (χ1v) is 6.49. The largest absolute Gasteiger partial charge is 0.383 e. The van der Waals surface area contributed by atoms with Gasteiger partial charge in [-0.15, -0.1) is 0 Å². The minimum Gasteiger partial charge on any atom is -0.383 e. The molecule has 1 aromatic carbocycles. The van der Waals surface area contributed by atoms with Crippen molar-refractivity contribution in [3.05, 3.63) is 35.4 Å². The van der Waals surface area contributed by atoms with Crippen molar-refractivity contribution in [3.63, 3.8) is 0 Å². The van der Waals surface area contributed by atoms with Gasteiger partial charge in [0.05, 0.1) is 6.61 Å². The highest BCUT2D eigenvalue weighted by Crippen LogP contribution is 2.03. The summed E-state index contributed by atoms with van der Waals surface area (Å²) in [6.45, 7) is 3.61. The zero-order valence-electron chi connectivity index (χ0n) is 11.9. The molecule has 0 fully saturated rings. The Bertz CT molecular complexity index is 449. The summed E-state index contributed by atoms with van der Waals surface area (Å²) in [5.74, 6) is -0.143. The lowest BCUT2D eigenvalue weighted by Gasteiger charge is -2.08. The van der Waals surface area contributed by atoms with Crippen LogP contribution in [-0.2, 0) is 4.74 Å². The van der Waals surface area contributed by atoms with Crippen molar-refractivity contribution in [3.8, 4) is 0 Å². The van der Waals surface area contributed by atoms with Gasteiger partial charge in [-0.3, -0.25) is 4.79 Å². The number of hydrogen-bond acceptors (Lipinski definition) is 3. The van der Waals surface area contributed by atoms with Crippen LogP contribution in [-0.4, -0.2) is 45.3 Å². The first-order valence-electron chi connectivity index (χ1n) is 6.49. The Morgan fingerprint density at radius 3 is 2.50 bits per heavy atom. The van der Waals surface area contributed by atoms with Gasteiger partial charge < -0.3 is 20.7 Å². The van der Waals surface area contributed by atoms with E-state index in [1.54, 1.807) is 13.2 Å². The minimum absolute atomic E-state index is 0.143. The smallest absolute Gasteiger partial charge is 0.314 e.